The van der Waals surface area contributed by atoms with E-state index in [1.165, 1.54) is 12.0 Å². The SMILES string of the molecule is C[C@@H]1CCC2OC(=O)C=C21. The molecule has 1 unspecified atom stereocenters. The highest BCUT2D eigenvalue weighted by molar-refractivity contribution is 5.86. The molecular weight excluding hydrogens is 128 g/mol. The number of hydrogen-bond donors (Lipinski definition) is 0. The molecule has 54 valence electrons. The quantitative estimate of drug-likeness (QED) is 0.471. The number of rotatable bonds is 0. The van der Waals surface area contributed by atoms with Crippen LogP contribution in [0.25, 0.3) is 0 Å². The first-order valence-corrected chi connectivity index (χ1v) is 3.69. The Morgan fingerprint density at radius 3 is 3.10 bits per heavy atom. The second-order valence-corrected chi connectivity index (χ2v) is 3.05. The fourth-order valence-corrected chi connectivity index (χ4v) is 1.72. The van der Waals surface area contributed by atoms with Gasteiger partial charge in [-0.15, -0.1) is 0 Å². The minimum atomic E-state index is -0.147. The van der Waals surface area contributed by atoms with Gasteiger partial charge in [0.05, 0.1) is 0 Å². The number of fused-ring (bicyclic) bond motifs is 1. The molecule has 1 aliphatic heterocycles. The van der Waals surface area contributed by atoms with Crippen LogP contribution in [0.15, 0.2) is 11.6 Å². The van der Waals surface area contributed by atoms with E-state index in [-0.39, 0.29) is 12.1 Å². The Bertz CT molecular complexity index is 205. The third kappa shape index (κ3) is 0.681. The van der Waals surface area contributed by atoms with E-state index in [1.54, 1.807) is 6.08 Å². The topological polar surface area (TPSA) is 26.3 Å². The van der Waals surface area contributed by atoms with Gasteiger partial charge in [-0.05, 0) is 24.3 Å². The van der Waals surface area contributed by atoms with E-state index in [1.807, 2.05) is 0 Å². The molecule has 0 N–H and O–H groups in total. The lowest BCUT2D eigenvalue weighted by Crippen LogP contribution is -2.05. The molecule has 0 aromatic heterocycles. The van der Waals surface area contributed by atoms with Gasteiger partial charge in [-0.25, -0.2) is 4.79 Å². The lowest BCUT2D eigenvalue weighted by molar-refractivity contribution is -0.138. The maximum absolute atomic E-state index is 10.7. The maximum atomic E-state index is 10.7. The zero-order valence-electron chi connectivity index (χ0n) is 5.96. The van der Waals surface area contributed by atoms with Crippen LogP contribution in [0.5, 0.6) is 0 Å². The molecule has 1 saturated carbocycles. The predicted octanol–water partition coefficient (Wildman–Crippen LogP) is 1.27. The lowest BCUT2D eigenvalue weighted by Gasteiger charge is -2.03. The normalized spacial score (nSPS) is 37.3. The monoisotopic (exact) mass is 138 g/mol. The van der Waals surface area contributed by atoms with E-state index in [9.17, 15) is 4.79 Å². The van der Waals surface area contributed by atoms with Crippen LogP contribution in [0.2, 0.25) is 0 Å². The molecule has 10 heavy (non-hydrogen) atoms. The molecule has 0 amide bonds. The number of carbonyl (C=O) groups excluding carboxylic acids is 1. The van der Waals surface area contributed by atoms with E-state index in [4.69, 9.17) is 4.74 Å². The summed E-state index contributed by atoms with van der Waals surface area (Å²) in [6.45, 7) is 2.15. The number of ether oxygens (including phenoxy) is 1. The second-order valence-electron chi connectivity index (χ2n) is 3.05. The van der Waals surface area contributed by atoms with Gasteiger partial charge in [0, 0.05) is 6.08 Å². The number of carbonyl (C=O) groups is 1. The fourth-order valence-electron chi connectivity index (χ4n) is 1.72. The van der Waals surface area contributed by atoms with E-state index in [2.05, 4.69) is 6.92 Å². The Kier molecular flexibility index (Phi) is 1.10. The molecular formula is C8H10O2. The summed E-state index contributed by atoms with van der Waals surface area (Å²) < 4.78 is 5.02. The zero-order valence-corrected chi connectivity index (χ0v) is 5.96. The van der Waals surface area contributed by atoms with Gasteiger partial charge >= 0.3 is 5.97 Å². The average Bonchev–Trinajstić information content (AvgIpc) is 2.35. The van der Waals surface area contributed by atoms with Crippen molar-refractivity contribution in [3.63, 3.8) is 0 Å². The molecule has 0 bridgehead atoms. The van der Waals surface area contributed by atoms with Crippen molar-refractivity contribution in [1.29, 1.82) is 0 Å². The Morgan fingerprint density at radius 2 is 2.40 bits per heavy atom. The van der Waals surface area contributed by atoms with Gasteiger partial charge in [0.1, 0.15) is 6.10 Å². The average molecular weight is 138 g/mol. The van der Waals surface area contributed by atoms with E-state index < -0.39 is 0 Å². The summed E-state index contributed by atoms with van der Waals surface area (Å²) in [5.74, 6) is 0.419. The molecule has 1 heterocycles. The Morgan fingerprint density at radius 1 is 1.60 bits per heavy atom. The minimum Gasteiger partial charge on any atom is -0.455 e. The van der Waals surface area contributed by atoms with Crippen LogP contribution in [-0.4, -0.2) is 12.1 Å². The predicted molar refractivity (Wildman–Crippen MR) is 36.4 cm³/mol. The van der Waals surface area contributed by atoms with Gasteiger partial charge in [0.2, 0.25) is 0 Å². The van der Waals surface area contributed by atoms with Gasteiger partial charge in [-0.3, -0.25) is 0 Å². The summed E-state index contributed by atoms with van der Waals surface area (Å²) in [6, 6.07) is 0. The molecule has 2 rings (SSSR count). The summed E-state index contributed by atoms with van der Waals surface area (Å²) in [7, 11) is 0. The standard InChI is InChI=1S/C8H10O2/c1-5-2-3-7-6(5)4-8(9)10-7/h4-5,7H,2-3H2,1H3/t5-,7?/m1/s1. The molecule has 0 aromatic carbocycles. The van der Waals surface area contributed by atoms with Crippen LogP contribution in [0.1, 0.15) is 19.8 Å². The molecule has 0 saturated heterocycles. The molecule has 2 atom stereocenters. The van der Waals surface area contributed by atoms with E-state index in [0.717, 1.165) is 6.42 Å². The van der Waals surface area contributed by atoms with Crippen molar-refractivity contribution in [3.8, 4) is 0 Å². The lowest BCUT2D eigenvalue weighted by atomic mass is 10.1. The van der Waals surface area contributed by atoms with E-state index >= 15 is 0 Å². The van der Waals surface area contributed by atoms with Gasteiger partial charge < -0.3 is 4.74 Å². The molecule has 1 aliphatic carbocycles. The van der Waals surface area contributed by atoms with Crippen LogP contribution in [0, 0.1) is 5.92 Å². The molecule has 0 spiro atoms. The molecule has 1 fully saturated rings. The van der Waals surface area contributed by atoms with Gasteiger partial charge in [0.15, 0.2) is 0 Å². The largest absolute Gasteiger partial charge is 0.455 e. The molecule has 0 radical (unpaired) electrons. The first-order chi connectivity index (χ1) is 4.77. The highest BCUT2D eigenvalue weighted by atomic mass is 16.5. The summed E-state index contributed by atoms with van der Waals surface area (Å²) in [4.78, 5) is 10.7. The van der Waals surface area contributed by atoms with Crippen molar-refractivity contribution in [1.82, 2.24) is 0 Å². The number of esters is 1. The first-order valence-electron chi connectivity index (χ1n) is 3.69. The van der Waals surface area contributed by atoms with Crippen molar-refractivity contribution >= 4 is 5.97 Å². The first kappa shape index (κ1) is 5.96. The molecule has 0 aromatic rings. The van der Waals surface area contributed by atoms with Crippen LogP contribution in [-0.2, 0) is 9.53 Å². The third-order valence-corrected chi connectivity index (χ3v) is 2.35. The fraction of sp³-hybridized carbons (Fsp3) is 0.625. The Balaban J connectivity index is 2.28. The van der Waals surface area contributed by atoms with Crippen LogP contribution < -0.4 is 0 Å². The summed E-state index contributed by atoms with van der Waals surface area (Å²) in [5.41, 5.74) is 1.21. The summed E-state index contributed by atoms with van der Waals surface area (Å²) >= 11 is 0. The summed E-state index contributed by atoms with van der Waals surface area (Å²) in [5, 5.41) is 0. The number of hydrogen-bond acceptors (Lipinski definition) is 2. The molecule has 2 heteroatoms. The second kappa shape index (κ2) is 1.84. The Labute approximate surface area is 59.9 Å². The van der Waals surface area contributed by atoms with Crippen LogP contribution in [0.4, 0.5) is 0 Å². The zero-order chi connectivity index (χ0) is 7.14. The van der Waals surface area contributed by atoms with Gasteiger partial charge in [-0.2, -0.15) is 0 Å². The van der Waals surface area contributed by atoms with Crippen molar-refractivity contribution in [2.75, 3.05) is 0 Å². The maximum Gasteiger partial charge on any atom is 0.331 e. The smallest absolute Gasteiger partial charge is 0.331 e. The van der Waals surface area contributed by atoms with E-state index in [0.29, 0.717) is 5.92 Å². The Hall–Kier alpha value is -0.790. The van der Waals surface area contributed by atoms with Gasteiger partial charge in [0.25, 0.3) is 0 Å². The van der Waals surface area contributed by atoms with Crippen molar-refractivity contribution < 1.29 is 9.53 Å². The van der Waals surface area contributed by atoms with Gasteiger partial charge in [-0.1, -0.05) is 6.92 Å². The molecule has 2 nitrogen and oxygen atoms in total. The minimum absolute atomic E-state index is 0.141. The van der Waals surface area contributed by atoms with Crippen molar-refractivity contribution in [2.24, 2.45) is 5.92 Å². The third-order valence-electron chi connectivity index (χ3n) is 2.35. The van der Waals surface area contributed by atoms with Crippen molar-refractivity contribution in [2.45, 2.75) is 25.9 Å². The van der Waals surface area contributed by atoms with Crippen molar-refractivity contribution in [3.05, 3.63) is 11.6 Å². The highest BCUT2D eigenvalue weighted by Gasteiger charge is 2.34. The summed E-state index contributed by atoms with van der Waals surface area (Å²) in [6.07, 6.45) is 3.99. The highest BCUT2D eigenvalue weighted by Crippen LogP contribution is 2.36. The molecule has 2 aliphatic rings. The van der Waals surface area contributed by atoms with Crippen LogP contribution >= 0.6 is 0 Å². The van der Waals surface area contributed by atoms with Crippen LogP contribution in [0.3, 0.4) is 0 Å².